The Morgan fingerprint density at radius 3 is 2.88 bits per heavy atom. The molecule has 88 valence electrons. The van der Waals surface area contributed by atoms with Gasteiger partial charge < -0.3 is 4.90 Å². The Labute approximate surface area is 102 Å². The second-order valence-electron chi connectivity index (χ2n) is 4.50. The number of aryl methyl sites for hydroxylation is 2. The molecule has 3 nitrogen and oxygen atoms in total. The number of carbonyl (C=O) groups is 1. The van der Waals surface area contributed by atoms with Gasteiger partial charge in [-0.25, -0.2) is 0 Å². The van der Waals surface area contributed by atoms with Gasteiger partial charge in [0, 0.05) is 18.7 Å². The van der Waals surface area contributed by atoms with Crippen LogP contribution in [0, 0.1) is 24.2 Å². The molecule has 1 aromatic rings. The predicted octanol–water partition coefficient (Wildman–Crippen LogP) is 2.43. The summed E-state index contributed by atoms with van der Waals surface area (Å²) in [6.07, 6.45) is 1.31. The minimum absolute atomic E-state index is 0.0578. The third-order valence-electron chi connectivity index (χ3n) is 3.33. The van der Waals surface area contributed by atoms with Gasteiger partial charge in [0.2, 0.25) is 5.91 Å². The molecule has 0 spiro atoms. The summed E-state index contributed by atoms with van der Waals surface area (Å²) in [6, 6.07) is 8.24. The molecule has 1 fully saturated rings. The van der Waals surface area contributed by atoms with E-state index in [0.717, 1.165) is 12.1 Å². The van der Waals surface area contributed by atoms with E-state index in [1.807, 2.05) is 12.1 Å². The second kappa shape index (κ2) is 4.58. The van der Waals surface area contributed by atoms with E-state index in [-0.39, 0.29) is 11.8 Å². The monoisotopic (exact) mass is 228 g/mol. The van der Waals surface area contributed by atoms with Crippen LogP contribution >= 0.6 is 0 Å². The highest BCUT2D eigenvalue weighted by molar-refractivity contribution is 5.96. The van der Waals surface area contributed by atoms with Crippen molar-refractivity contribution in [3.8, 4) is 6.07 Å². The van der Waals surface area contributed by atoms with E-state index in [9.17, 15) is 4.79 Å². The predicted molar refractivity (Wildman–Crippen MR) is 66.6 cm³/mol. The first-order valence-electron chi connectivity index (χ1n) is 5.95. The first-order chi connectivity index (χ1) is 8.15. The van der Waals surface area contributed by atoms with Gasteiger partial charge in [-0.15, -0.1) is 0 Å². The minimum Gasteiger partial charge on any atom is -0.311 e. The number of hydrogen-bond donors (Lipinski definition) is 0. The van der Waals surface area contributed by atoms with E-state index in [4.69, 9.17) is 5.26 Å². The minimum atomic E-state index is -0.158. The number of benzene rings is 1. The first kappa shape index (κ1) is 11.7. The number of rotatable bonds is 2. The molecule has 1 amide bonds. The van der Waals surface area contributed by atoms with Crippen molar-refractivity contribution in [2.75, 3.05) is 11.4 Å². The maximum absolute atomic E-state index is 11.8. The summed E-state index contributed by atoms with van der Waals surface area (Å²) >= 11 is 0. The third kappa shape index (κ3) is 2.16. The van der Waals surface area contributed by atoms with Crippen molar-refractivity contribution in [2.24, 2.45) is 5.92 Å². The van der Waals surface area contributed by atoms with E-state index >= 15 is 0 Å². The van der Waals surface area contributed by atoms with Gasteiger partial charge in [0.05, 0.1) is 12.0 Å². The van der Waals surface area contributed by atoms with Gasteiger partial charge in [-0.05, 0) is 36.6 Å². The van der Waals surface area contributed by atoms with Crippen molar-refractivity contribution in [3.63, 3.8) is 0 Å². The highest BCUT2D eigenvalue weighted by Crippen LogP contribution is 2.26. The van der Waals surface area contributed by atoms with Crippen LogP contribution in [0.15, 0.2) is 18.2 Å². The summed E-state index contributed by atoms with van der Waals surface area (Å²) in [6.45, 7) is 4.71. The lowest BCUT2D eigenvalue weighted by Crippen LogP contribution is -2.24. The molecule has 0 aromatic heterocycles. The lowest BCUT2D eigenvalue weighted by atomic mass is 10.1. The smallest absolute Gasteiger partial charge is 0.228 e. The van der Waals surface area contributed by atoms with Crippen LogP contribution in [0.3, 0.4) is 0 Å². The molecule has 1 aliphatic rings. The van der Waals surface area contributed by atoms with Crippen molar-refractivity contribution in [1.29, 1.82) is 5.26 Å². The van der Waals surface area contributed by atoms with Crippen LogP contribution in [0.5, 0.6) is 0 Å². The SMILES string of the molecule is CCc1cc(N2CC(C#N)CC2=O)ccc1C. The van der Waals surface area contributed by atoms with Crippen molar-refractivity contribution >= 4 is 11.6 Å². The van der Waals surface area contributed by atoms with Gasteiger partial charge in [0.25, 0.3) is 0 Å². The maximum atomic E-state index is 11.8. The summed E-state index contributed by atoms with van der Waals surface area (Å²) in [5, 5.41) is 8.86. The van der Waals surface area contributed by atoms with Crippen LogP contribution in [-0.4, -0.2) is 12.5 Å². The van der Waals surface area contributed by atoms with Crippen molar-refractivity contribution in [1.82, 2.24) is 0 Å². The zero-order chi connectivity index (χ0) is 12.4. The normalized spacial score (nSPS) is 19.5. The number of amides is 1. The molecular formula is C14H16N2O. The molecule has 17 heavy (non-hydrogen) atoms. The van der Waals surface area contributed by atoms with Gasteiger partial charge in [0.15, 0.2) is 0 Å². The van der Waals surface area contributed by atoms with Crippen molar-refractivity contribution < 1.29 is 4.79 Å². The Balaban J connectivity index is 2.29. The Morgan fingerprint density at radius 2 is 2.29 bits per heavy atom. The Hall–Kier alpha value is -1.82. The number of nitriles is 1. The van der Waals surface area contributed by atoms with Crippen LogP contribution in [0.4, 0.5) is 5.69 Å². The Kier molecular flexibility index (Phi) is 3.14. The average Bonchev–Trinajstić information content (AvgIpc) is 2.71. The molecule has 1 heterocycles. The molecule has 0 saturated carbocycles. The van der Waals surface area contributed by atoms with E-state index in [0.29, 0.717) is 13.0 Å². The summed E-state index contributed by atoms with van der Waals surface area (Å²) in [5.74, 6) is -0.101. The maximum Gasteiger partial charge on any atom is 0.228 e. The molecule has 0 bridgehead atoms. The molecule has 3 heteroatoms. The fourth-order valence-corrected chi connectivity index (χ4v) is 2.25. The van der Waals surface area contributed by atoms with Gasteiger partial charge in [-0.2, -0.15) is 5.26 Å². The number of carbonyl (C=O) groups excluding carboxylic acids is 1. The molecule has 0 radical (unpaired) electrons. The molecule has 1 unspecified atom stereocenters. The molecule has 0 aliphatic carbocycles. The lowest BCUT2D eigenvalue weighted by molar-refractivity contribution is -0.117. The Bertz CT molecular complexity index is 487. The van der Waals surface area contributed by atoms with E-state index in [1.165, 1.54) is 11.1 Å². The molecule has 1 aromatic carbocycles. The summed E-state index contributed by atoms with van der Waals surface area (Å²) in [5.41, 5.74) is 3.44. The molecule has 1 aliphatic heterocycles. The first-order valence-corrected chi connectivity index (χ1v) is 5.95. The molecule has 2 rings (SSSR count). The van der Waals surface area contributed by atoms with Crippen LogP contribution in [0.2, 0.25) is 0 Å². The van der Waals surface area contributed by atoms with E-state index in [2.05, 4.69) is 26.0 Å². The standard InChI is InChI=1S/C14H16N2O/c1-3-12-7-13(5-4-10(12)2)16-9-11(8-15)6-14(16)17/h4-5,7,11H,3,6,9H2,1-2H3. The van der Waals surface area contributed by atoms with Gasteiger partial charge in [-0.3, -0.25) is 4.79 Å². The highest BCUT2D eigenvalue weighted by Gasteiger charge is 2.30. The van der Waals surface area contributed by atoms with Crippen LogP contribution < -0.4 is 4.90 Å². The lowest BCUT2D eigenvalue weighted by Gasteiger charge is -2.17. The topological polar surface area (TPSA) is 44.1 Å². The van der Waals surface area contributed by atoms with Crippen LogP contribution in [-0.2, 0) is 11.2 Å². The molecule has 1 atom stereocenters. The average molecular weight is 228 g/mol. The van der Waals surface area contributed by atoms with Gasteiger partial charge in [0.1, 0.15) is 0 Å². The number of hydrogen-bond acceptors (Lipinski definition) is 2. The fraction of sp³-hybridized carbons (Fsp3) is 0.429. The van der Waals surface area contributed by atoms with E-state index in [1.54, 1.807) is 4.90 Å². The van der Waals surface area contributed by atoms with Gasteiger partial charge in [-0.1, -0.05) is 13.0 Å². The quantitative estimate of drug-likeness (QED) is 0.780. The zero-order valence-corrected chi connectivity index (χ0v) is 10.2. The summed E-state index contributed by atoms with van der Waals surface area (Å²) in [7, 11) is 0. The summed E-state index contributed by atoms with van der Waals surface area (Å²) in [4.78, 5) is 13.5. The third-order valence-corrected chi connectivity index (χ3v) is 3.33. The van der Waals surface area contributed by atoms with Crippen LogP contribution in [0.1, 0.15) is 24.5 Å². The summed E-state index contributed by atoms with van der Waals surface area (Å²) < 4.78 is 0. The second-order valence-corrected chi connectivity index (χ2v) is 4.50. The Morgan fingerprint density at radius 1 is 1.53 bits per heavy atom. The number of nitrogens with zero attached hydrogens (tertiary/aromatic N) is 2. The molecule has 1 saturated heterocycles. The van der Waals surface area contributed by atoms with Crippen molar-refractivity contribution in [3.05, 3.63) is 29.3 Å². The van der Waals surface area contributed by atoms with Gasteiger partial charge >= 0.3 is 0 Å². The number of anilines is 1. The molecular weight excluding hydrogens is 212 g/mol. The molecule has 0 N–H and O–H groups in total. The van der Waals surface area contributed by atoms with E-state index < -0.39 is 0 Å². The highest BCUT2D eigenvalue weighted by atomic mass is 16.2. The largest absolute Gasteiger partial charge is 0.311 e. The van der Waals surface area contributed by atoms with Crippen molar-refractivity contribution in [2.45, 2.75) is 26.7 Å². The van der Waals surface area contributed by atoms with Crippen LogP contribution in [0.25, 0.3) is 0 Å². The fourth-order valence-electron chi connectivity index (χ4n) is 2.25. The zero-order valence-electron chi connectivity index (χ0n) is 10.2.